The minimum Gasteiger partial charge on any atom is -0.0616 e. The van der Waals surface area contributed by atoms with Gasteiger partial charge in [-0.25, -0.2) is 0 Å². The number of hydrogen-bond donors (Lipinski definition) is 0. The molecule has 0 bridgehead atoms. The van der Waals surface area contributed by atoms with Gasteiger partial charge in [0.15, 0.2) is 0 Å². The molecule has 0 spiro atoms. The molecule has 0 aromatic heterocycles. The first-order chi connectivity index (χ1) is 28.0. The first-order valence-corrected chi connectivity index (χ1v) is 20.1. The van der Waals surface area contributed by atoms with Crippen LogP contribution in [-0.4, -0.2) is 0 Å². The quantitative estimate of drug-likeness (QED) is 0.126. The van der Waals surface area contributed by atoms with E-state index in [2.05, 4.69) is 208 Å². The monoisotopic (exact) mass is 722 g/mol. The van der Waals surface area contributed by atoms with E-state index in [0.29, 0.717) is 0 Å². The molecular weight excluding hydrogens is 685 g/mol. The Labute approximate surface area is 332 Å². The maximum atomic E-state index is 2.50. The van der Waals surface area contributed by atoms with Gasteiger partial charge in [0.25, 0.3) is 0 Å². The van der Waals surface area contributed by atoms with E-state index < -0.39 is 0 Å². The molecule has 0 atom stereocenters. The van der Waals surface area contributed by atoms with Gasteiger partial charge in [-0.1, -0.05) is 190 Å². The van der Waals surface area contributed by atoms with Crippen LogP contribution in [0.3, 0.4) is 0 Å². The second-order valence-corrected chi connectivity index (χ2v) is 16.4. The highest BCUT2D eigenvalue weighted by Crippen LogP contribution is 2.53. The fourth-order valence-corrected chi connectivity index (χ4v) is 10.3. The third kappa shape index (κ3) is 4.62. The van der Waals surface area contributed by atoms with Crippen LogP contribution in [-0.2, 0) is 5.41 Å². The standard InChI is InChI=1S/C57H38/c1-57(2)53-31-30-38(32-51(53)52-33-49-43-19-7-5-17-41(43)42-18-6-8-20-44(42)50(49)34-54(52)57)56-47-23-11-9-21-45(47)55(46-22-10-12-24-48(46)56)37-28-26-36(27-29-37)40-25-13-15-35-14-3-4-16-39(35)40/h3-34H,1-2H3. The summed E-state index contributed by atoms with van der Waals surface area (Å²) >= 11 is 0. The van der Waals surface area contributed by atoms with E-state index in [4.69, 9.17) is 0 Å². The second-order valence-electron chi connectivity index (χ2n) is 16.4. The van der Waals surface area contributed by atoms with Crippen LogP contribution in [0.1, 0.15) is 25.0 Å². The molecule has 0 radical (unpaired) electrons. The zero-order chi connectivity index (χ0) is 37.8. The summed E-state index contributed by atoms with van der Waals surface area (Å²) in [6.07, 6.45) is 0. The molecule has 0 nitrogen and oxygen atoms in total. The van der Waals surface area contributed by atoms with Crippen LogP contribution < -0.4 is 0 Å². The Balaban J connectivity index is 1.06. The van der Waals surface area contributed by atoms with Gasteiger partial charge in [-0.15, -0.1) is 0 Å². The SMILES string of the molecule is CC1(C)c2ccc(-c3c4ccccc4c(-c4ccc(-c5cccc6ccccc56)cc4)c4ccccc34)cc2-c2cc3c4ccccc4c4ccccc4c3cc21. The molecule has 0 unspecified atom stereocenters. The van der Waals surface area contributed by atoms with Crippen molar-refractivity contribution < 1.29 is 0 Å². The highest BCUT2D eigenvalue weighted by molar-refractivity contribution is 6.26. The number of hydrogen-bond acceptors (Lipinski definition) is 0. The summed E-state index contributed by atoms with van der Waals surface area (Å²) in [7, 11) is 0. The highest BCUT2D eigenvalue weighted by Gasteiger charge is 2.36. The van der Waals surface area contributed by atoms with Gasteiger partial charge in [0.05, 0.1) is 0 Å². The van der Waals surface area contributed by atoms with Crippen molar-refractivity contribution in [1.82, 2.24) is 0 Å². The third-order valence-electron chi connectivity index (χ3n) is 13.0. The lowest BCUT2D eigenvalue weighted by molar-refractivity contribution is 0.661. The van der Waals surface area contributed by atoms with E-state index in [1.165, 1.54) is 120 Å². The van der Waals surface area contributed by atoms with Crippen LogP contribution >= 0.6 is 0 Å². The summed E-state index contributed by atoms with van der Waals surface area (Å²) in [6.45, 7) is 4.80. The third-order valence-corrected chi connectivity index (χ3v) is 13.0. The minimum atomic E-state index is -0.129. The predicted octanol–water partition coefficient (Wildman–Crippen LogP) is 15.9. The summed E-state index contributed by atoms with van der Waals surface area (Å²) < 4.78 is 0. The van der Waals surface area contributed by atoms with E-state index in [1.807, 2.05) is 0 Å². The molecule has 1 aliphatic carbocycles. The zero-order valence-corrected chi connectivity index (χ0v) is 32.0. The van der Waals surface area contributed by atoms with Crippen LogP contribution in [0.15, 0.2) is 194 Å². The molecule has 0 N–H and O–H groups in total. The van der Waals surface area contributed by atoms with Crippen molar-refractivity contribution in [2.24, 2.45) is 0 Å². The average molecular weight is 723 g/mol. The predicted molar refractivity (Wildman–Crippen MR) is 245 cm³/mol. The van der Waals surface area contributed by atoms with Gasteiger partial charge < -0.3 is 0 Å². The number of benzene rings is 11. The smallest absolute Gasteiger partial charge is 0.0159 e. The fourth-order valence-electron chi connectivity index (χ4n) is 10.3. The molecule has 0 amide bonds. The molecule has 0 aliphatic heterocycles. The first-order valence-electron chi connectivity index (χ1n) is 20.1. The van der Waals surface area contributed by atoms with Gasteiger partial charge in [-0.05, 0) is 138 Å². The van der Waals surface area contributed by atoms with Crippen LogP contribution in [0, 0.1) is 0 Å². The Kier molecular flexibility index (Phi) is 6.78. The Morgan fingerprint density at radius 1 is 0.263 bits per heavy atom. The Morgan fingerprint density at radius 3 is 1.28 bits per heavy atom. The van der Waals surface area contributed by atoms with Crippen molar-refractivity contribution in [1.29, 1.82) is 0 Å². The van der Waals surface area contributed by atoms with Crippen LogP contribution in [0.25, 0.3) is 109 Å². The fraction of sp³-hybridized carbons (Fsp3) is 0.0526. The van der Waals surface area contributed by atoms with E-state index in [1.54, 1.807) is 0 Å². The molecule has 266 valence electrons. The van der Waals surface area contributed by atoms with E-state index in [0.717, 1.165) is 0 Å². The van der Waals surface area contributed by atoms with Crippen LogP contribution in [0.2, 0.25) is 0 Å². The molecule has 11 aromatic carbocycles. The highest BCUT2D eigenvalue weighted by atomic mass is 14.4. The summed E-state index contributed by atoms with van der Waals surface area (Å²) in [5, 5.41) is 15.6. The number of rotatable bonds is 3. The molecule has 0 fully saturated rings. The molecule has 1 aliphatic rings. The molecule has 12 rings (SSSR count). The maximum Gasteiger partial charge on any atom is 0.0159 e. The van der Waals surface area contributed by atoms with Crippen molar-refractivity contribution in [2.45, 2.75) is 19.3 Å². The lowest BCUT2D eigenvalue weighted by Crippen LogP contribution is -2.14. The molecule has 0 heteroatoms. The number of fused-ring (bicyclic) bond motifs is 12. The molecule has 0 heterocycles. The molecular formula is C57H38. The zero-order valence-electron chi connectivity index (χ0n) is 32.0. The Bertz CT molecular complexity index is 3410. The first kappa shape index (κ1) is 32.2. The Morgan fingerprint density at radius 2 is 0.684 bits per heavy atom. The average Bonchev–Trinajstić information content (AvgIpc) is 3.49. The van der Waals surface area contributed by atoms with Crippen LogP contribution in [0.5, 0.6) is 0 Å². The van der Waals surface area contributed by atoms with Gasteiger partial charge in [0.1, 0.15) is 0 Å². The molecule has 57 heavy (non-hydrogen) atoms. The van der Waals surface area contributed by atoms with E-state index in [-0.39, 0.29) is 5.41 Å². The molecule has 0 saturated heterocycles. The lowest BCUT2D eigenvalue weighted by Gasteiger charge is -2.23. The normalized spacial score (nSPS) is 13.2. The second kappa shape index (κ2) is 12.0. The van der Waals surface area contributed by atoms with Crippen LogP contribution in [0.4, 0.5) is 0 Å². The van der Waals surface area contributed by atoms with E-state index >= 15 is 0 Å². The van der Waals surface area contributed by atoms with Gasteiger partial charge in [-0.2, -0.15) is 0 Å². The summed E-state index contributed by atoms with van der Waals surface area (Å²) in [5.41, 5.74) is 12.9. The van der Waals surface area contributed by atoms with Crippen molar-refractivity contribution >= 4 is 64.6 Å². The van der Waals surface area contributed by atoms with E-state index in [9.17, 15) is 0 Å². The van der Waals surface area contributed by atoms with Crippen molar-refractivity contribution in [3.8, 4) is 44.5 Å². The summed E-state index contributed by atoms with van der Waals surface area (Å²) in [5.74, 6) is 0. The van der Waals surface area contributed by atoms with Crippen molar-refractivity contribution in [3.05, 3.63) is 205 Å². The molecule has 11 aromatic rings. The van der Waals surface area contributed by atoms with Gasteiger partial charge in [0.2, 0.25) is 0 Å². The molecule has 0 saturated carbocycles. The van der Waals surface area contributed by atoms with Crippen molar-refractivity contribution in [2.75, 3.05) is 0 Å². The summed E-state index contributed by atoms with van der Waals surface area (Å²) in [6, 6.07) is 72.6. The van der Waals surface area contributed by atoms with Gasteiger partial charge in [0, 0.05) is 5.41 Å². The topological polar surface area (TPSA) is 0 Å². The summed E-state index contributed by atoms with van der Waals surface area (Å²) in [4.78, 5) is 0. The van der Waals surface area contributed by atoms with Crippen molar-refractivity contribution in [3.63, 3.8) is 0 Å². The minimum absolute atomic E-state index is 0.129. The largest absolute Gasteiger partial charge is 0.0616 e. The van der Waals surface area contributed by atoms with Gasteiger partial charge >= 0.3 is 0 Å². The van der Waals surface area contributed by atoms with Gasteiger partial charge in [-0.3, -0.25) is 0 Å². The Hall–Kier alpha value is -7.02. The maximum absolute atomic E-state index is 2.50. The lowest BCUT2D eigenvalue weighted by atomic mass is 9.80.